The van der Waals surface area contributed by atoms with Crippen molar-refractivity contribution in [1.82, 2.24) is 25.7 Å². The van der Waals surface area contributed by atoms with Crippen molar-refractivity contribution in [2.45, 2.75) is 31.8 Å². The van der Waals surface area contributed by atoms with Gasteiger partial charge in [0.05, 0.1) is 23.4 Å². The molecule has 1 spiro atoms. The molecule has 144 valence electrons. The number of rotatable bonds is 4. The lowest BCUT2D eigenvalue weighted by molar-refractivity contribution is -0.123. The quantitative estimate of drug-likeness (QED) is 0.582. The van der Waals surface area contributed by atoms with Crippen LogP contribution in [0.4, 0.5) is 0 Å². The highest BCUT2D eigenvalue weighted by molar-refractivity contribution is 5.82. The van der Waals surface area contributed by atoms with Crippen molar-refractivity contribution in [3.63, 3.8) is 0 Å². The molecule has 0 unspecified atom stereocenters. The molecule has 1 aromatic heterocycles. The lowest BCUT2D eigenvalue weighted by Crippen LogP contribution is -2.42. The van der Waals surface area contributed by atoms with Gasteiger partial charge in [-0.05, 0) is 49.9 Å². The molecule has 8 nitrogen and oxygen atoms in total. The molecule has 0 aliphatic carbocycles. The van der Waals surface area contributed by atoms with E-state index < -0.39 is 0 Å². The second kappa shape index (κ2) is 7.28. The molecule has 2 fully saturated rings. The Bertz CT molecular complexity index is 958. The second-order valence-electron chi connectivity index (χ2n) is 7.62. The Morgan fingerprint density at radius 3 is 2.70 bits per heavy atom. The molecular weight excluding hydrogens is 346 g/mol. The smallest absolute Gasteiger partial charge is 0.273 e. The maximum Gasteiger partial charge on any atom is 0.273 e. The standard InChI is InChI=1S/C19H25N5O3/c25-16-13-3-1-2-4-14(13)18(27)24(23-16)10-9-21-17(26)15-11-19(12-22-15)5-7-20-8-6-19/h1-4,15,20,22H,5-12H2,(H,21,26)(H,23,25)/t15-/m0/s1. The van der Waals surface area contributed by atoms with Crippen LogP contribution in [0, 0.1) is 5.41 Å². The van der Waals surface area contributed by atoms with Gasteiger partial charge in [-0.25, -0.2) is 4.68 Å². The zero-order chi connectivity index (χ0) is 18.9. The van der Waals surface area contributed by atoms with E-state index in [0.717, 1.165) is 38.9 Å². The van der Waals surface area contributed by atoms with Crippen LogP contribution in [-0.2, 0) is 11.3 Å². The summed E-state index contributed by atoms with van der Waals surface area (Å²) in [6.07, 6.45) is 3.04. The summed E-state index contributed by atoms with van der Waals surface area (Å²) in [5, 5.41) is 13.0. The summed E-state index contributed by atoms with van der Waals surface area (Å²) in [4.78, 5) is 37.1. The number of aromatic amines is 1. The van der Waals surface area contributed by atoms with Crippen molar-refractivity contribution >= 4 is 16.7 Å². The number of hydrogen-bond acceptors (Lipinski definition) is 5. The van der Waals surface area contributed by atoms with Gasteiger partial charge in [-0.2, -0.15) is 0 Å². The Morgan fingerprint density at radius 2 is 1.93 bits per heavy atom. The summed E-state index contributed by atoms with van der Waals surface area (Å²) in [7, 11) is 0. The van der Waals surface area contributed by atoms with Crippen molar-refractivity contribution in [2.24, 2.45) is 5.41 Å². The summed E-state index contributed by atoms with van der Waals surface area (Å²) in [6.45, 7) is 3.42. The molecule has 27 heavy (non-hydrogen) atoms. The van der Waals surface area contributed by atoms with E-state index in [4.69, 9.17) is 0 Å². The third-order valence-corrected chi connectivity index (χ3v) is 5.86. The molecule has 2 aromatic rings. The first-order valence-electron chi connectivity index (χ1n) is 9.52. The van der Waals surface area contributed by atoms with Gasteiger partial charge in [-0.1, -0.05) is 12.1 Å². The van der Waals surface area contributed by atoms with Gasteiger partial charge in [0.2, 0.25) is 5.91 Å². The second-order valence-corrected chi connectivity index (χ2v) is 7.62. The van der Waals surface area contributed by atoms with Gasteiger partial charge >= 0.3 is 0 Å². The van der Waals surface area contributed by atoms with Crippen LogP contribution in [0.1, 0.15) is 19.3 Å². The van der Waals surface area contributed by atoms with E-state index in [9.17, 15) is 14.4 Å². The Hall–Kier alpha value is -2.45. The molecule has 0 radical (unpaired) electrons. The van der Waals surface area contributed by atoms with Crippen LogP contribution in [0.25, 0.3) is 10.8 Å². The third kappa shape index (κ3) is 3.54. The molecule has 4 N–H and O–H groups in total. The van der Waals surface area contributed by atoms with E-state index in [1.807, 2.05) is 0 Å². The molecule has 2 aliphatic rings. The van der Waals surface area contributed by atoms with Crippen molar-refractivity contribution < 1.29 is 4.79 Å². The summed E-state index contributed by atoms with van der Waals surface area (Å²) in [5.74, 6) is -0.0402. The highest BCUT2D eigenvalue weighted by atomic mass is 16.2. The van der Waals surface area contributed by atoms with E-state index in [2.05, 4.69) is 21.0 Å². The molecule has 1 atom stereocenters. The zero-order valence-electron chi connectivity index (χ0n) is 15.2. The molecule has 8 heteroatoms. The van der Waals surface area contributed by atoms with Crippen molar-refractivity contribution in [3.8, 4) is 0 Å². The maximum absolute atomic E-state index is 12.5. The molecule has 1 aromatic carbocycles. The number of nitrogens with zero attached hydrogens (tertiary/aromatic N) is 1. The van der Waals surface area contributed by atoms with Gasteiger partial charge in [0, 0.05) is 13.1 Å². The Kier molecular flexibility index (Phi) is 4.84. The number of carbonyl (C=O) groups excluding carboxylic acids is 1. The summed E-state index contributed by atoms with van der Waals surface area (Å²) in [6, 6.07) is 6.55. The van der Waals surface area contributed by atoms with E-state index in [0.29, 0.717) is 17.3 Å². The highest BCUT2D eigenvalue weighted by Gasteiger charge is 2.41. The fourth-order valence-electron chi connectivity index (χ4n) is 4.26. The van der Waals surface area contributed by atoms with E-state index >= 15 is 0 Å². The number of aromatic nitrogens is 2. The number of carbonyl (C=O) groups is 1. The number of piperidine rings is 1. The van der Waals surface area contributed by atoms with Crippen LogP contribution in [0.15, 0.2) is 33.9 Å². The highest BCUT2D eigenvalue weighted by Crippen LogP contribution is 2.37. The molecule has 4 rings (SSSR count). The molecule has 0 bridgehead atoms. The SMILES string of the molecule is O=C(NCCn1[nH]c(=O)c2ccccc2c1=O)[C@@H]1CC2(CCNCC2)CN1. The minimum Gasteiger partial charge on any atom is -0.353 e. The van der Waals surface area contributed by atoms with Crippen LogP contribution in [-0.4, -0.2) is 47.9 Å². The number of benzene rings is 1. The average molecular weight is 371 g/mol. The van der Waals surface area contributed by atoms with Gasteiger partial charge < -0.3 is 16.0 Å². The van der Waals surface area contributed by atoms with Crippen molar-refractivity contribution in [3.05, 3.63) is 45.0 Å². The molecule has 3 heterocycles. The monoisotopic (exact) mass is 371 g/mol. The lowest BCUT2D eigenvalue weighted by Gasteiger charge is -2.33. The van der Waals surface area contributed by atoms with Crippen molar-refractivity contribution in [1.29, 1.82) is 0 Å². The number of fused-ring (bicyclic) bond motifs is 1. The zero-order valence-corrected chi connectivity index (χ0v) is 15.2. The average Bonchev–Trinajstić information content (AvgIpc) is 3.09. The van der Waals surface area contributed by atoms with E-state index in [1.54, 1.807) is 24.3 Å². The summed E-state index contributed by atoms with van der Waals surface area (Å²) in [5.41, 5.74) is -0.331. The van der Waals surface area contributed by atoms with Crippen LogP contribution in [0.3, 0.4) is 0 Å². The molecule has 0 saturated carbocycles. The predicted octanol–water partition coefficient (Wildman–Crippen LogP) is -0.462. The third-order valence-electron chi connectivity index (χ3n) is 5.86. The molecule has 2 saturated heterocycles. The number of amides is 1. The molecule has 1 amide bonds. The van der Waals surface area contributed by atoms with E-state index in [-0.39, 0.29) is 35.0 Å². The van der Waals surface area contributed by atoms with Crippen LogP contribution in [0.5, 0.6) is 0 Å². The fraction of sp³-hybridized carbons (Fsp3) is 0.526. The molecular formula is C19H25N5O3. The van der Waals surface area contributed by atoms with E-state index in [1.165, 1.54) is 4.68 Å². The van der Waals surface area contributed by atoms with Crippen molar-refractivity contribution in [2.75, 3.05) is 26.2 Å². The Labute approximate surface area is 156 Å². The Morgan fingerprint density at radius 1 is 1.19 bits per heavy atom. The van der Waals surface area contributed by atoms with Crippen LogP contribution in [0.2, 0.25) is 0 Å². The number of H-pyrrole nitrogens is 1. The maximum atomic E-state index is 12.5. The largest absolute Gasteiger partial charge is 0.353 e. The summed E-state index contributed by atoms with van der Waals surface area (Å²) >= 11 is 0. The van der Waals surface area contributed by atoms with Gasteiger partial charge in [0.1, 0.15) is 0 Å². The van der Waals surface area contributed by atoms with Gasteiger partial charge in [-0.15, -0.1) is 0 Å². The number of hydrogen-bond donors (Lipinski definition) is 4. The predicted molar refractivity (Wildman–Crippen MR) is 103 cm³/mol. The van der Waals surface area contributed by atoms with Gasteiger partial charge in [-0.3, -0.25) is 19.5 Å². The lowest BCUT2D eigenvalue weighted by atomic mass is 9.77. The first-order chi connectivity index (χ1) is 13.1. The first-order valence-corrected chi connectivity index (χ1v) is 9.52. The minimum atomic E-state index is -0.304. The summed E-state index contributed by atoms with van der Waals surface area (Å²) < 4.78 is 1.27. The fourth-order valence-corrected chi connectivity index (χ4v) is 4.26. The minimum absolute atomic E-state index is 0.0402. The first kappa shape index (κ1) is 17.9. The number of nitrogens with one attached hydrogen (secondary N) is 4. The Balaban J connectivity index is 1.37. The normalized spacial score (nSPS) is 21.6. The van der Waals surface area contributed by atoms with Gasteiger partial charge in [0.15, 0.2) is 0 Å². The topological polar surface area (TPSA) is 108 Å². The van der Waals surface area contributed by atoms with Crippen LogP contribution < -0.4 is 27.1 Å². The van der Waals surface area contributed by atoms with Gasteiger partial charge in [0.25, 0.3) is 11.1 Å². The molecule has 2 aliphatic heterocycles. The van der Waals surface area contributed by atoms with Crippen LogP contribution >= 0.6 is 0 Å².